The van der Waals surface area contributed by atoms with Crippen molar-refractivity contribution in [1.29, 1.82) is 0 Å². The van der Waals surface area contributed by atoms with Crippen LogP contribution < -0.4 is 10.9 Å². The molecule has 1 aromatic rings. The molecule has 0 radical (unpaired) electrons. The third kappa shape index (κ3) is 4.20. The number of aliphatic carboxylic acids is 1. The summed E-state index contributed by atoms with van der Waals surface area (Å²) < 4.78 is 1.58. The van der Waals surface area contributed by atoms with Gasteiger partial charge >= 0.3 is 5.97 Å². The largest absolute Gasteiger partial charge is 0.481 e. The number of hydrogen-bond acceptors (Lipinski definition) is 4. The molecule has 1 heterocycles. The summed E-state index contributed by atoms with van der Waals surface area (Å²) in [5, 5.41) is 11.5. The summed E-state index contributed by atoms with van der Waals surface area (Å²) in [5.74, 6) is -0.352. The maximum absolute atomic E-state index is 12.0. The van der Waals surface area contributed by atoms with Crippen molar-refractivity contribution in [2.24, 2.45) is 5.92 Å². The molecule has 0 saturated carbocycles. The third-order valence-corrected chi connectivity index (χ3v) is 2.34. The minimum atomic E-state index is -0.909. The Balaban J connectivity index is 2.84. The lowest BCUT2D eigenvalue weighted by molar-refractivity contribution is -0.137. The van der Waals surface area contributed by atoms with Crippen molar-refractivity contribution in [2.45, 2.75) is 39.8 Å². The average Bonchev–Trinajstić information content (AvgIpc) is 2.22. The number of nitrogens with one attached hydrogen (secondary N) is 1. The Labute approximate surface area is 106 Å². The molecule has 6 nitrogen and oxygen atoms in total. The van der Waals surface area contributed by atoms with Crippen molar-refractivity contribution < 1.29 is 9.90 Å². The first-order valence-electron chi connectivity index (χ1n) is 5.94. The van der Waals surface area contributed by atoms with Crippen LogP contribution in [-0.4, -0.2) is 26.7 Å². The highest BCUT2D eigenvalue weighted by Gasteiger charge is 2.11. The normalized spacial score (nSPS) is 12.4. The molecule has 100 valence electrons. The highest BCUT2D eigenvalue weighted by Crippen LogP contribution is 2.02. The van der Waals surface area contributed by atoms with Gasteiger partial charge in [0, 0.05) is 25.0 Å². The molecule has 0 saturated heterocycles. The summed E-state index contributed by atoms with van der Waals surface area (Å²) in [7, 11) is 0. The second-order valence-electron chi connectivity index (χ2n) is 4.77. The maximum atomic E-state index is 12.0. The van der Waals surface area contributed by atoms with Crippen LogP contribution in [0.1, 0.15) is 27.2 Å². The fourth-order valence-corrected chi connectivity index (χ4v) is 1.63. The SMILES string of the molecule is CC(C)Cn1ccnc(NC(C)CC(=O)O)c1=O. The summed E-state index contributed by atoms with van der Waals surface area (Å²) in [6.07, 6.45) is 3.12. The van der Waals surface area contributed by atoms with Crippen molar-refractivity contribution >= 4 is 11.8 Å². The molecule has 0 aliphatic rings. The van der Waals surface area contributed by atoms with Crippen LogP contribution in [0.15, 0.2) is 17.2 Å². The minimum Gasteiger partial charge on any atom is -0.481 e. The molecular weight excluding hydrogens is 234 g/mol. The van der Waals surface area contributed by atoms with E-state index < -0.39 is 5.97 Å². The van der Waals surface area contributed by atoms with Crippen molar-refractivity contribution in [3.8, 4) is 0 Å². The van der Waals surface area contributed by atoms with Crippen LogP contribution in [0.5, 0.6) is 0 Å². The Hall–Kier alpha value is -1.85. The van der Waals surface area contributed by atoms with Gasteiger partial charge in [-0.3, -0.25) is 9.59 Å². The molecule has 0 aliphatic heterocycles. The molecule has 1 aromatic heterocycles. The monoisotopic (exact) mass is 253 g/mol. The van der Waals surface area contributed by atoms with E-state index in [4.69, 9.17) is 5.11 Å². The van der Waals surface area contributed by atoms with E-state index in [9.17, 15) is 9.59 Å². The van der Waals surface area contributed by atoms with Crippen LogP contribution in [0.25, 0.3) is 0 Å². The fraction of sp³-hybridized carbons (Fsp3) is 0.583. The van der Waals surface area contributed by atoms with Gasteiger partial charge < -0.3 is 15.0 Å². The summed E-state index contributed by atoms with van der Waals surface area (Å²) >= 11 is 0. The Morgan fingerprint density at radius 2 is 2.17 bits per heavy atom. The molecule has 0 bridgehead atoms. The molecule has 1 atom stereocenters. The van der Waals surface area contributed by atoms with Gasteiger partial charge in [-0.1, -0.05) is 13.8 Å². The molecule has 1 rings (SSSR count). The molecule has 18 heavy (non-hydrogen) atoms. The van der Waals surface area contributed by atoms with Crippen molar-refractivity contribution in [3.63, 3.8) is 0 Å². The van der Waals surface area contributed by atoms with E-state index in [-0.39, 0.29) is 23.8 Å². The molecule has 0 fully saturated rings. The second kappa shape index (κ2) is 6.18. The zero-order valence-corrected chi connectivity index (χ0v) is 10.9. The van der Waals surface area contributed by atoms with Gasteiger partial charge in [-0.25, -0.2) is 4.98 Å². The summed E-state index contributed by atoms with van der Waals surface area (Å²) in [4.78, 5) is 26.5. The van der Waals surface area contributed by atoms with Crippen molar-refractivity contribution in [3.05, 3.63) is 22.7 Å². The van der Waals surface area contributed by atoms with Crippen molar-refractivity contribution in [1.82, 2.24) is 9.55 Å². The molecule has 0 amide bonds. The predicted molar refractivity (Wildman–Crippen MR) is 68.7 cm³/mol. The molecule has 2 N–H and O–H groups in total. The highest BCUT2D eigenvalue weighted by atomic mass is 16.4. The lowest BCUT2D eigenvalue weighted by Crippen LogP contribution is -2.29. The molecule has 0 aromatic carbocycles. The minimum absolute atomic E-state index is 0.0554. The van der Waals surface area contributed by atoms with Gasteiger partial charge in [0.05, 0.1) is 6.42 Å². The number of rotatable bonds is 6. The third-order valence-electron chi connectivity index (χ3n) is 2.34. The predicted octanol–water partition coefficient (Wildman–Crippen LogP) is 1.17. The summed E-state index contributed by atoms with van der Waals surface area (Å²) in [5.41, 5.74) is -0.219. The van der Waals surface area contributed by atoms with Gasteiger partial charge in [-0.2, -0.15) is 0 Å². The lowest BCUT2D eigenvalue weighted by Gasteiger charge is -2.14. The van der Waals surface area contributed by atoms with E-state index in [1.807, 2.05) is 13.8 Å². The van der Waals surface area contributed by atoms with E-state index >= 15 is 0 Å². The summed E-state index contributed by atoms with van der Waals surface area (Å²) in [6.45, 7) is 6.36. The second-order valence-corrected chi connectivity index (χ2v) is 4.77. The number of carboxylic acids is 1. The first-order valence-corrected chi connectivity index (χ1v) is 5.94. The Kier molecular flexibility index (Phi) is 4.88. The number of anilines is 1. The van der Waals surface area contributed by atoms with E-state index in [1.165, 1.54) is 0 Å². The average molecular weight is 253 g/mol. The van der Waals surface area contributed by atoms with E-state index in [0.717, 1.165) is 0 Å². The van der Waals surface area contributed by atoms with Gasteiger partial charge in [0.15, 0.2) is 5.82 Å². The first kappa shape index (κ1) is 14.2. The van der Waals surface area contributed by atoms with E-state index in [1.54, 1.807) is 23.9 Å². The topological polar surface area (TPSA) is 84.2 Å². The first-order chi connectivity index (χ1) is 8.40. The van der Waals surface area contributed by atoms with Crippen LogP contribution in [0.2, 0.25) is 0 Å². The Bertz CT molecular complexity index is 468. The van der Waals surface area contributed by atoms with E-state index in [0.29, 0.717) is 12.5 Å². The zero-order valence-electron chi connectivity index (χ0n) is 10.9. The molecular formula is C12H19N3O3. The van der Waals surface area contributed by atoms with Gasteiger partial charge in [0.2, 0.25) is 0 Å². The number of nitrogens with zero attached hydrogens (tertiary/aromatic N) is 2. The van der Waals surface area contributed by atoms with Gasteiger partial charge in [0.1, 0.15) is 0 Å². The van der Waals surface area contributed by atoms with Gasteiger partial charge in [0.25, 0.3) is 5.56 Å². The van der Waals surface area contributed by atoms with Crippen molar-refractivity contribution in [2.75, 3.05) is 5.32 Å². The number of carbonyl (C=O) groups is 1. The number of hydrogen-bond donors (Lipinski definition) is 2. The Morgan fingerprint density at radius 3 is 2.72 bits per heavy atom. The van der Waals surface area contributed by atoms with Crippen LogP contribution >= 0.6 is 0 Å². The quantitative estimate of drug-likeness (QED) is 0.795. The lowest BCUT2D eigenvalue weighted by atomic mass is 10.2. The van der Waals surface area contributed by atoms with Crippen LogP contribution in [0, 0.1) is 5.92 Å². The smallest absolute Gasteiger partial charge is 0.305 e. The van der Waals surface area contributed by atoms with Crippen LogP contribution in [0.3, 0.4) is 0 Å². The van der Waals surface area contributed by atoms with Crippen LogP contribution in [-0.2, 0) is 11.3 Å². The molecule has 6 heteroatoms. The highest BCUT2D eigenvalue weighted by molar-refractivity contribution is 5.68. The van der Waals surface area contributed by atoms with Gasteiger partial charge in [-0.05, 0) is 12.8 Å². The van der Waals surface area contributed by atoms with E-state index in [2.05, 4.69) is 10.3 Å². The van der Waals surface area contributed by atoms with Crippen LogP contribution in [0.4, 0.5) is 5.82 Å². The zero-order chi connectivity index (χ0) is 13.7. The Morgan fingerprint density at radius 1 is 1.50 bits per heavy atom. The number of carboxylic acid groups (broad SMARTS) is 1. The molecule has 0 aliphatic carbocycles. The standard InChI is InChI=1S/C12H19N3O3/c1-8(2)7-15-5-4-13-11(12(15)18)14-9(3)6-10(16)17/h4-5,8-9H,6-7H2,1-3H3,(H,13,14)(H,16,17). The molecule has 1 unspecified atom stereocenters. The van der Waals surface area contributed by atoms with Gasteiger partial charge in [-0.15, -0.1) is 0 Å². The fourth-order valence-electron chi connectivity index (χ4n) is 1.63. The number of aromatic nitrogens is 2. The molecule has 0 spiro atoms. The maximum Gasteiger partial charge on any atom is 0.305 e. The summed E-state index contributed by atoms with van der Waals surface area (Å²) in [6, 6.07) is -0.336.